The molecule has 0 bridgehead atoms. The zero-order valence-corrected chi connectivity index (χ0v) is 11.3. The number of rotatable bonds is 4. The monoisotopic (exact) mass is 304 g/mol. The highest BCUT2D eigenvalue weighted by Gasteiger charge is 2.41. The average Bonchev–Trinajstić information content (AvgIpc) is 3.02. The predicted octanol–water partition coefficient (Wildman–Crippen LogP) is 2.67. The second-order valence-electron chi connectivity index (χ2n) is 4.29. The summed E-state index contributed by atoms with van der Waals surface area (Å²) in [6.07, 6.45) is 1.72. The Hall–Kier alpha value is -0.810. The van der Waals surface area contributed by atoms with E-state index < -0.39 is 11.4 Å². The number of hydrogen-bond acceptors (Lipinski definition) is 3. The first-order valence-electron chi connectivity index (χ1n) is 5.32. The van der Waals surface area contributed by atoms with Crippen LogP contribution in [0.4, 0.5) is 4.39 Å². The van der Waals surface area contributed by atoms with Crippen LogP contribution in [0.1, 0.15) is 18.4 Å². The lowest BCUT2D eigenvalue weighted by Crippen LogP contribution is -2.13. The van der Waals surface area contributed by atoms with Gasteiger partial charge in [0.15, 0.2) is 17.3 Å². The van der Waals surface area contributed by atoms with E-state index in [0.29, 0.717) is 35.0 Å². The zero-order chi connectivity index (χ0) is 12.6. The van der Waals surface area contributed by atoms with Crippen molar-refractivity contribution in [2.24, 2.45) is 0 Å². The summed E-state index contributed by atoms with van der Waals surface area (Å²) in [5.41, 5.74) is -0.314. The van der Waals surface area contributed by atoms with Crippen LogP contribution in [-0.4, -0.2) is 24.9 Å². The van der Waals surface area contributed by atoms with Gasteiger partial charge in [-0.1, -0.05) is 15.9 Å². The van der Waals surface area contributed by atoms with Crippen LogP contribution in [0.3, 0.4) is 0 Å². The fourth-order valence-electron chi connectivity index (χ4n) is 1.77. The minimum Gasteiger partial charge on any atom is -0.493 e. The molecule has 1 aliphatic rings. The van der Waals surface area contributed by atoms with E-state index in [2.05, 4.69) is 15.9 Å². The molecule has 0 heterocycles. The third kappa shape index (κ3) is 2.40. The fraction of sp³-hybridized carbons (Fsp3) is 0.500. The van der Waals surface area contributed by atoms with Gasteiger partial charge in [-0.2, -0.15) is 0 Å². The first kappa shape index (κ1) is 12.6. The molecule has 0 radical (unpaired) electrons. The lowest BCUT2D eigenvalue weighted by molar-refractivity contribution is 0.149. The number of aliphatic hydroxyl groups is 1. The summed E-state index contributed by atoms with van der Waals surface area (Å²) in [4.78, 5) is 0. The van der Waals surface area contributed by atoms with Crippen LogP contribution < -0.4 is 9.47 Å². The van der Waals surface area contributed by atoms with E-state index in [0.717, 1.165) is 0 Å². The summed E-state index contributed by atoms with van der Waals surface area (Å²) in [7, 11) is 2.85. The molecular weight excluding hydrogens is 291 g/mol. The predicted molar refractivity (Wildman–Crippen MR) is 65.1 cm³/mol. The van der Waals surface area contributed by atoms with Crippen LogP contribution in [0.15, 0.2) is 10.5 Å². The highest BCUT2D eigenvalue weighted by molar-refractivity contribution is 9.10. The summed E-state index contributed by atoms with van der Waals surface area (Å²) in [6, 6.07) is 1.66. The van der Waals surface area contributed by atoms with Gasteiger partial charge in [0.2, 0.25) is 0 Å². The Morgan fingerprint density at radius 3 is 2.53 bits per heavy atom. The van der Waals surface area contributed by atoms with E-state index in [1.807, 2.05) is 0 Å². The lowest BCUT2D eigenvalue weighted by Gasteiger charge is -2.15. The number of methoxy groups -OCH3 is 2. The molecule has 1 aromatic carbocycles. The first-order chi connectivity index (χ1) is 8.00. The third-order valence-electron chi connectivity index (χ3n) is 2.99. The van der Waals surface area contributed by atoms with Crippen molar-refractivity contribution in [3.05, 3.63) is 21.9 Å². The first-order valence-corrected chi connectivity index (χ1v) is 6.11. The molecular formula is C12H14BrFO3. The van der Waals surface area contributed by atoms with Gasteiger partial charge in [-0.05, 0) is 18.9 Å². The second-order valence-corrected chi connectivity index (χ2v) is 5.14. The van der Waals surface area contributed by atoms with Crippen molar-refractivity contribution in [2.75, 3.05) is 14.2 Å². The SMILES string of the molecule is COc1cc(Br)c(CC2(O)CC2)c(F)c1OC. The maximum absolute atomic E-state index is 14.2. The molecule has 1 aliphatic carbocycles. The molecule has 0 atom stereocenters. The van der Waals surface area contributed by atoms with Crippen molar-refractivity contribution in [3.8, 4) is 11.5 Å². The minimum absolute atomic E-state index is 0.0787. The molecule has 5 heteroatoms. The summed E-state index contributed by atoms with van der Waals surface area (Å²) >= 11 is 3.30. The number of hydrogen-bond donors (Lipinski definition) is 1. The Morgan fingerprint density at radius 1 is 1.41 bits per heavy atom. The fourth-order valence-corrected chi connectivity index (χ4v) is 2.29. The number of benzene rings is 1. The minimum atomic E-state index is -0.747. The maximum atomic E-state index is 14.2. The van der Waals surface area contributed by atoms with Crippen molar-refractivity contribution in [1.29, 1.82) is 0 Å². The molecule has 94 valence electrons. The molecule has 2 rings (SSSR count). The molecule has 0 aliphatic heterocycles. The largest absolute Gasteiger partial charge is 0.493 e. The summed E-state index contributed by atoms with van der Waals surface area (Å²) in [5.74, 6) is -0.0580. The third-order valence-corrected chi connectivity index (χ3v) is 3.70. The summed E-state index contributed by atoms with van der Waals surface area (Å²) < 4.78 is 24.8. The normalized spacial score (nSPS) is 16.8. The van der Waals surface area contributed by atoms with Gasteiger partial charge >= 0.3 is 0 Å². The molecule has 3 nitrogen and oxygen atoms in total. The van der Waals surface area contributed by atoms with Crippen LogP contribution in [0.5, 0.6) is 11.5 Å². The number of halogens is 2. The Balaban J connectivity index is 2.44. The molecule has 0 unspecified atom stereocenters. The maximum Gasteiger partial charge on any atom is 0.197 e. The molecule has 17 heavy (non-hydrogen) atoms. The molecule has 0 saturated heterocycles. The molecule has 0 spiro atoms. The van der Waals surface area contributed by atoms with Crippen molar-refractivity contribution in [1.82, 2.24) is 0 Å². The van der Waals surface area contributed by atoms with Crippen LogP contribution in [0, 0.1) is 5.82 Å². The van der Waals surface area contributed by atoms with Crippen LogP contribution in [0.2, 0.25) is 0 Å². The highest BCUT2D eigenvalue weighted by atomic mass is 79.9. The van der Waals surface area contributed by atoms with E-state index in [4.69, 9.17) is 9.47 Å². The van der Waals surface area contributed by atoms with E-state index >= 15 is 0 Å². The molecule has 1 saturated carbocycles. The van der Waals surface area contributed by atoms with Gasteiger partial charge in [0.05, 0.1) is 19.8 Å². The zero-order valence-electron chi connectivity index (χ0n) is 9.72. The van der Waals surface area contributed by atoms with Crippen LogP contribution >= 0.6 is 15.9 Å². The van der Waals surface area contributed by atoms with Crippen LogP contribution in [0.25, 0.3) is 0 Å². The molecule has 0 aromatic heterocycles. The standard InChI is InChI=1S/C12H14BrFO3/c1-16-9-5-8(13)7(6-12(15)3-4-12)10(14)11(9)17-2/h5,15H,3-4,6H2,1-2H3. The Morgan fingerprint density at radius 2 is 2.06 bits per heavy atom. The summed E-state index contributed by atoms with van der Waals surface area (Å²) in [6.45, 7) is 0. The second kappa shape index (κ2) is 4.46. The molecule has 1 aromatic rings. The Bertz CT molecular complexity index is 444. The van der Waals surface area contributed by atoms with Crippen molar-refractivity contribution >= 4 is 15.9 Å². The van der Waals surface area contributed by atoms with E-state index in [-0.39, 0.29) is 5.75 Å². The van der Waals surface area contributed by atoms with Gasteiger partial charge in [0.1, 0.15) is 0 Å². The van der Waals surface area contributed by atoms with Gasteiger partial charge in [-0.25, -0.2) is 4.39 Å². The van der Waals surface area contributed by atoms with Gasteiger partial charge in [-0.3, -0.25) is 0 Å². The Labute approximate surface area is 108 Å². The van der Waals surface area contributed by atoms with Crippen LogP contribution in [-0.2, 0) is 6.42 Å². The number of ether oxygens (including phenoxy) is 2. The van der Waals surface area contributed by atoms with Gasteiger partial charge in [0.25, 0.3) is 0 Å². The van der Waals surface area contributed by atoms with E-state index in [1.165, 1.54) is 14.2 Å². The van der Waals surface area contributed by atoms with Gasteiger partial charge in [-0.15, -0.1) is 0 Å². The van der Waals surface area contributed by atoms with Crippen molar-refractivity contribution < 1.29 is 19.0 Å². The molecule has 1 N–H and O–H groups in total. The molecule has 1 fully saturated rings. The quantitative estimate of drug-likeness (QED) is 0.929. The van der Waals surface area contributed by atoms with Gasteiger partial charge < -0.3 is 14.6 Å². The van der Waals surface area contributed by atoms with E-state index in [1.54, 1.807) is 6.07 Å². The van der Waals surface area contributed by atoms with Crippen molar-refractivity contribution in [2.45, 2.75) is 24.9 Å². The topological polar surface area (TPSA) is 38.7 Å². The average molecular weight is 305 g/mol. The molecule has 0 amide bonds. The lowest BCUT2D eigenvalue weighted by atomic mass is 10.0. The Kier molecular flexibility index (Phi) is 3.32. The van der Waals surface area contributed by atoms with Gasteiger partial charge in [0, 0.05) is 16.5 Å². The highest BCUT2D eigenvalue weighted by Crippen LogP contribution is 2.43. The van der Waals surface area contributed by atoms with E-state index in [9.17, 15) is 9.50 Å². The summed E-state index contributed by atoms with van der Waals surface area (Å²) in [5, 5.41) is 9.86. The smallest absolute Gasteiger partial charge is 0.197 e. The van der Waals surface area contributed by atoms with Crippen molar-refractivity contribution in [3.63, 3.8) is 0 Å².